The number of benzene rings is 1. The fourth-order valence-electron chi connectivity index (χ4n) is 3.54. The molecule has 0 N–H and O–H groups in total. The highest BCUT2D eigenvalue weighted by Crippen LogP contribution is 2.32. The average Bonchev–Trinajstić information content (AvgIpc) is 3.01. The predicted molar refractivity (Wildman–Crippen MR) is 112 cm³/mol. The van der Waals surface area contributed by atoms with E-state index in [1.165, 1.54) is 30.2 Å². The van der Waals surface area contributed by atoms with E-state index >= 15 is 0 Å². The van der Waals surface area contributed by atoms with Crippen LogP contribution >= 0.6 is 12.2 Å². The Balaban J connectivity index is 1.65. The van der Waals surface area contributed by atoms with Crippen LogP contribution in [-0.4, -0.2) is 52.1 Å². The second-order valence-electron chi connectivity index (χ2n) is 8.02. The number of amides is 1. The van der Waals surface area contributed by atoms with Gasteiger partial charge in [-0.1, -0.05) is 13.1 Å². The van der Waals surface area contributed by atoms with Crippen molar-refractivity contribution in [2.75, 3.05) is 36.5 Å². The van der Waals surface area contributed by atoms with E-state index in [1.807, 2.05) is 0 Å². The normalized spacial score (nSPS) is 21.9. The lowest BCUT2D eigenvalue weighted by Gasteiger charge is -2.37. The number of ether oxygens (including phenoxy) is 2. The monoisotopic (exact) mass is 410 g/mol. The molecule has 1 aromatic carbocycles. The minimum Gasteiger partial charge on any atom is -0.490 e. The first-order valence-electron chi connectivity index (χ1n) is 9.38. The quantitative estimate of drug-likeness (QED) is 0.530. The summed E-state index contributed by atoms with van der Waals surface area (Å²) in [5.74, 6) is -0.286. The first kappa shape index (κ1) is 20.1. The third kappa shape index (κ3) is 4.79. The highest BCUT2D eigenvalue weighted by molar-refractivity contribution is 7.80. The van der Waals surface area contributed by atoms with Gasteiger partial charge in [0.05, 0.1) is 33.1 Å². The number of nitrogens with zero attached hydrogens (tertiary/aromatic N) is 2. The van der Waals surface area contributed by atoms with Crippen LogP contribution in [0.2, 0.25) is 25.2 Å². The molecule has 3 rings (SSSR count). The number of methoxy groups -OCH3 is 1. The molecule has 2 aliphatic heterocycles. The molecule has 148 valence electrons. The summed E-state index contributed by atoms with van der Waals surface area (Å²) in [5, 5.41) is 0.493. The van der Waals surface area contributed by atoms with Crippen molar-refractivity contribution in [3.05, 3.63) is 24.0 Å². The summed E-state index contributed by atoms with van der Waals surface area (Å²) in [5.41, 5.74) is 1.16. The first-order chi connectivity index (χ1) is 12.8. The van der Waals surface area contributed by atoms with Crippen molar-refractivity contribution in [2.24, 2.45) is 0 Å². The summed E-state index contributed by atoms with van der Waals surface area (Å²) in [6, 6.07) is 7.38. The van der Waals surface area contributed by atoms with Crippen molar-refractivity contribution < 1.29 is 18.7 Å². The van der Waals surface area contributed by atoms with Gasteiger partial charge in [0.25, 0.3) is 0 Å². The predicted octanol–water partition coefficient (Wildman–Crippen LogP) is 4.43. The molecule has 2 aliphatic rings. The number of halogens is 1. The lowest BCUT2D eigenvalue weighted by atomic mass is 10.2. The number of carbonyl (C=O) groups is 1. The number of hydrogen-bond donors (Lipinski definition) is 0. The maximum absolute atomic E-state index is 14.8. The first-order valence-corrected chi connectivity index (χ1v) is 13.2. The van der Waals surface area contributed by atoms with Gasteiger partial charge in [0, 0.05) is 19.5 Å². The molecule has 1 atom stereocenters. The maximum Gasteiger partial charge on any atom is 0.414 e. The van der Waals surface area contributed by atoms with E-state index in [0.29, 0.717) is 35.8 Å². The molecular weight excluding hydrogens is 383 g/mol. The van der Waals surface area contributed by atoms with Gasteiger partial charge < -0.3 is 14.4 Å². The van der Waals surface area contributed by atoms with Crippen molar-refractivity contribution in [3.8, 4) is 0 Å². The molecular formula is C19H27FN2O3SSi. The topological polar surface area (TPSA) is 42.0 Å². The Labute approximate surface area is 166 Å². The molecule has 0 aromatic heterocycles. The molecule has 27 heavy (non-hydrogen) atoms. The summed E-state index contributed by atoms with van der Waals surface area (Å²) < 4.78 is 25.1. The number of hydrogen-bond acceptors (Lipinski definition) is 5. The zero-order valence-electron chi connectivity index (χ0n) is 16.2. The molecule has 0 radical (unpaired) electrons. The molecule has 5 nitrogen and oxygen atoms in total. The van der Waals surface area contributed by atoms with Gasteiger partial charge in [0.1, 0.15) is 11.9 Å². The van der Waals surface area contributed by atoms with Crippen LogP contribution in [0.4, 0.5) is 20.6 Å². The Kier molecular flexibility index (Phi) is 6.05. The maximum atomic E-state index is 14.8. The van der Waals surface area contributed by atoms with Gasteiger partial charge in [-0.25, -0.2) is 9.18 Å². The van der Waals surface area contributed by atoms with E-state index in [9.17, 15) is 9.18 Å². The molecule has 2 saturated heterocycles. The second-order valence-corrected chi connectivity index (χ2v) is 13.8. The molecule has 2 fully saturated rings. The van der Waals surface area contributed by atoms with E-state index in [0.717, 1.165) is 13.1 Å². The molecule has 1 amide bonds. The molecule has 0 bridgehead atoms. The molecule has 0 unspecified atom stereocenters. The zero-order valence-corrected chi connectivity index (χ0v) is 18.0. The number of anilines is 2. The van der Waals surface area contributed by atoms with E-state index in [2.05, 4.69) is 18.0 Å². The lowest BCUT2D eigenvalue weighted by molar-refractivity contribution is 0.137. The van der Waals surface area contributed by atoms with Crippen LogP contribution in [0.15, 0.2) is 18.2 Å². The fourth-order valence-corrected chi connectivity index (χ4v) is 5.66. The van der Waals surface area contributed by atoms with Gasteiger partial charge in [0.15, 0.2) is 5.05 Å². The van der Waals surface area contributed by atoms with Crippen LogP contribution < -0.4 is 9.80 Å². The standard InChI is InChI=1S/C19H27FN2O3SSi/c1-24-18(26)7-5-15-13-22(19(23)25-15)14-4-6-17(16(20)12-14)21-8-10-27(2,3)11-9-21/h4,6,12,15H,5,7-11,13H2,1-3H3/t15-/m0/s1. The Morgan fingerprint density at radius 1 is 1.37 bits per heavy atom. The fraction of sp³-hybridized carbons (Fsp3) is 0.579. The summed E-state index contributed by atoms with van der Waals surface area (Å²) in [7, 11) is 0.431. The van der Waals surface area contributed by atoms with Crippen LogP contribution in [0.25, 0.3) is 0 Å². The van der Waals surface area contributed by atoms with Crippen molar-refractivity contribution in [1.82, 2.24) is 0 Å². The van der Waals surface area contributed by atoms with Gasteiger partial charge in [-0.3, -0.25) is 4.90 Å². The van der Waals surface area contributed by atoms with Crippen LogP contribution in [0.1, 0.15) is 12.8 Å². The summed E-state index contributed by atoms with van der Waals surface area (Å²) in [4.78, 5) is 15.8. The van der Waals surface area contributed by atoms with E-state index in [4.69, 9.17) is 21.7 Å². The zero-order chi connectivity index (χ0) is 19.6. The number of cyclic esters (lactones) is 1. The van der Waals surface area contributed by atoms with Crippen molar-refractivity contribution in [1.29, 1.82) is 0 Å². The van der Waals surface area contributed by atoms with Crippen LogP contribution in [0.5, 0.6) is 0 Å². The molecule has 2 heterocycles. The van der Waals surface area contributed by atoms with Gasteiger partial charge in [-0.15, -0.1) is 0 Å². The third-order valence-electron chi connectivity index (χ3n) is 5.47. The lowest BCUT2D eigenvalue weighted by Crippen LogP contribution is -2.43. The van der Waals surface area contributed by atoms with E-state index in [-0.39, 0.29) is 11.9 Å². The van der Waals surface area contributed by atoms with E-state index in [1.54, 1.807) is 12.1 Å². The largest absolute Gasteiger partial charge is 0.490 e. The number of thiocarbonyl (C=S) groups is 1. The second kappa shape index (κ2) is 8.14. The van der Waals surface area contributed by atoms with Crippen LogP contribution in [0.3, 0.4) is 0 Å². The van der Waals surface area contributed by atoms with Gasteiger partial charge in [-0.2, -0.15) is 0 Å². The van der Waals surface area contributed by atoms with Gasteiger partial charge in [-0.05, 0) is 48.9 Å². The Morgan fingerprint density at radius 3 is 2.70 bits per heavy atom. The molecule has 0 spiro atoms. The van der Waals surface area contributed by atoms with Gasteiger partial charge >= 0.3 is 6.09 Å². The minimum absolute atomic E-state index is 0.261. The Bertz CT molecular complexity index is 721. The minimum atomic E-state index is -1.10. The molecule has 8 heteroatoms. The number of carbonyl (C=O) groups excluding carboxylic acids is 1. The average molecular weight is 411 g/mol. The molecule has 1 aromatic rings. The van der Waals surface area contributed by atoms with E-state index < -0.39 is 14.2 Å². The highest BCUT2D eigenvalue weighted by atomic mass is 32.1. The SMILES string of the molecule is COC(=S)CC[C@H]1CN(c2ccc(N3CC[Si](C)(C)CC3)c(F)c2)C(=O)O1. The van der Waals surface area contributed by atoms with Crippen molar-refractivity contribution in [2.45, 2.75) is 44.1 Å². The summed E-state index contributed by atoms with van der Waals surface area (Å²) in [6.45, 7) is 6.98. The van der Waals surface area contributed by atoms with Gasteiger partial charge in [0.2, 0.25) is 0 Å². The summed E-state index contributed by atoms with van der Waals surface area (Å²) in [6.07, 6.45) is 0.450. The van der Waals surface area contributed by atoms with Crippen LogP contribution in [-0.2, 0) is 9.47 Å². The smallest absolute Gasteiger partial charge is 0.414 e. The van der Waals surface area contributed by atoms with Crippen LogP contribution in [0, 0.1) is 5.82 Å². The Hall–Kier alpha value is -1.67. The molecule has 0 saturated carbocycles. The third-order valence-corrected chi connectivity index (χ3v) is 9.00. The van der Waals surface area contributed by atoms with Crippen molar-refractivity contribution >= 4 is 42.8 Å². The summed E-state index contributed by atoms with van der Waals surface area (Å²) >= 11 is 5.02. The Morgan fingerprint density at radius 2 is 2.07 bits per heavy atom. The number of rotatable bonds is 5. The van der Waals surface area contributed by atoms with Crippen molar-refractivity contribution in [3.63, 3.8) is 0 Å². The highest BCUT2D eigenvalue weighted by Gasteiger charge is 2.33. The molecule has 0 aliphatic carbocycles.